The van der Waals surface area contributed by atoms with Crippen molar-refractivity contribution in [2.24, 2.45) is 5.92 Å². The Morgan fingerprint density at radius 1 is 1.04 bits per heavy atom. The third-order valence-electron chi connectivity index (χ3n) is 4.23. The van der Waals surface area contributed by atoms with Gasteiger partial charge in [0.1, 0.15) is 0 Å². The number of benzene rings is 2. The monoisotopic (exact) mass is 322 g/mol. The van der Waals surface area contributed by atoms with Gasteiger partial charge in [-0.2, -0.15) is 0 Å². The van der Waals surface area contributed by atoms with Gasteiger partial charge in [0.2, 0.25) is 5.91 Å². The van der Waals surface area contributed by atoms with Crippen LogP contribution in [0.25, 0.3) is 0 Å². The summed E-state index contributed by atoms with van der Waals surface area (Å²) in [5.41, 5.74) is 1.72. The molecule has 2 aromatic rings. The lowest BCUT2D eigenvalue weighted by atomic mass is 10.1. The SMILES string of the molecule is CC[C@H](C)C(=O)Nc1ccc2c(c1)C(=O)N(c1ccccc1)C2=O. The van der Waals surface area contributed by atoms with E-state index in [-0.39, 0.29) is 23.6 Å². The average Bonchev–Trinajstić information content (AvgIpc) is 2.85. The number of rotatable bonds is 4. The molecule has 0 radical (unpaired) electrons. The molecule has 0 saturated carbocycles. The number of hydrogen-bond donors (Lipinski definition) is 1. The molecule has 1 N–H and O–H groups in total. The summed E-state index contributed by atoms with van der Waals surface area (Å²) in [6, 6.07) is 13.6. The van der Waals surface area contributed by atoms with E-state index in [1.165, 1.54) is 0 Å². The van der Waals surface area contributed by atoms with Gasteiger partial charge in [-0.15, -0.1) is 0 Å². The zero-order chi connectivity index (χ0) is 17.3. The molecule has 0 unspecified atom stereocenters. The summed E-state index contributed by atoms with van der Waals surface area (Å²) in [7, 11) is 0. The van der Waals surface area contributed by atoms with E-state index in [0.717, 1.165) is 11.3 Å². The van der Waals surface area contributed by atoms with E-state index in [4.69, 9.17) is 0 Å². The Labute approximate surface area is 140 Å². The highest BCUT2D eigenvalue weighted by atomic mass is 16.2. The van der Waals surface area contributed by atoms with E-state index in [1.807, 2.05) is 19.9 Å². The maximum atomic E-state index is 12.6. The van der Waals surface area contributed by atoms with E-state index in [1.54, 1.807) is 42.5 Å². The van der Waals surface area contributed by atoms with Crippen LogP contribution in [0.4, 0.5) is 11.4 Å². The van der Waals surface area contributed by atoms with Crippen LogP contribution in [0.2, 0.25) is 0 Å². The van der Waals surface area contributed by atoms with E-state index in [9.17, 15) is 14.4 Å². The summed E-state index contributed by atoms with van der Waals surface area (Å²) in [5.74, 6) is -0.938. The molecule has 0 saturated heterocycles. The number of fused-ring (bicyclic) bond motifs is 1. The first-order valence-corrected chi connectivity index (χ1v) is 7.91. The molecular weight excluding hydrogens is 304 g/mol. The number of nitrogens with zero attached hydrogens (tertiary/aromatic N) is 1. The maximum absolute atomic E-state index is 12.6. The summed E-state index contributed by atoms with van der Waals surface area (Å²) in [5, 5.41) is 2.79. The predicted molar refractivity (Wildman–Crippen MR) is 92.1 cm³/mol. The summed E-state index contributed by atoms with van der Waals surface area (Å²) in [6.07, 6.45) is 0.732. The fourth-order valence-corrected chi connectivity index (χ4v) is 2.58. The normalized spacial score (nSPS) is 14.5. The molecule has 3 amide bonds. The van der Waals surface area contributed by atoms with Gasteiger partial charge in [-0.3, -0.25) is 14.4 Å². The fourth-order valence-electron chi connectivity index (χ4n) is 2.58. The van der Waals surface area contributed by atoms with Gasteiger partial charge in [0.15, 0.2) is 0 Å². The molecule has 1 heterocycles. The molecule has 1 aliphatic rings. The van der Waals surface area contributed by atoms with Crippen LogP contribution in [-0.2, 0) is 4.79 Å². The van der Waals surface area contributed by atoms with E-state index >= 15 is 0 Å². The van der Waals surface area contributed by atoms with Gasteiger partial charge in [0.05, 0.1) is 16.8 Å². The highest BCUT2D eigenvalue weighted by Crippen LogP contribution is 2.30. The van der Waals surface area contributed by atoms with Crippen LogP contribution >= 0.6 is 0 Å². The first-order chi connectivity index (χ1) is 11.5. The van der Waals surface area contributed by atoms with Crippen LogP contribution in [0, 0.1) is 5.92 Å². The van der Waals surface area contributed by atoms with Crippen LogP contribution in [0.3, 0.4) is 0 Å². The summed E-state index contributed by atoms with van der Waals surface area (Å²) < 4.78 is 0. The minimum Gasteiger partial charge on any atom is -0.326 e. The maximum Gasteiger partial charge on any atom is 0.266 e. The minimum absolute atomic E-state index is 0.103. The molecule has 0 bridgehead atoms. The number of nitrogens with one attached hydrogen (secondary N) is 1. The van der Waals surface area contributed by atoms with Crippen LogP contribution in [0.1, 0.15) is 41.0 Å². The van der Waals surface area contributed by atoms with Crippen LogP contribution in [0.5, 0.6) is 0 Å². The van der Waals surface area contributed by atoms with Crippen molar-refractivity contribution < 1.29 is 14.4 Å². The van der Waals surface area contributed by atoms with Crippen molar-refractivity contribution in [3.05, 3.63) is 59.7 Å². The highest BCUT2D eigenvalue weighted by Gasteiger charge is 2.36. The Balaban J connectivity index is 1.91. The zero-order valence-electron chi connectivity index (χ0n) is 13.6. The predicted octanol–water partition coefficient (Wildman–Crippen LogP) is 3.47. The fraction of sp³-hybridized carbons (Fsp3) is 0.211. The van der Waals surface area contributed by atoms with Crippen molar-refractivity contribution in [1.29, 1.82) is 0 Å². The van der Waals surface area contributed by atoms with Gasteiger partial charge in [-0.25, -0.2) is 4.90 Å². The van der Waals surface area contributed by atoms with Crippen LogP contribution in [0.15, 0.2) is 48.5 Å². The van der Waals surface area contributed by atoms with Crippen molar-refractivity contribution in [1.82, 2.24) is 0 Å². The topological polar surface area (TPSA) is 66.5 Å². The molecule has 3 rings (SSSR count). The number of anilines is 2. The third-order valence-corrected chi connectivity index (χ3v) is 4.23. The first-order valence-electron chi connectivity index (χ1n) is 7.91. The summed E-state index contributed by atoms with van der Waals surface area (Å²) in [6.45, 7) is 3.78. The van der Waals surface area contributed by atoms with Gasteiger partial charge in [0, 0.05) is 11.6 Å². The van der Waals surface area contributed by atoms with E-state index in [2.05, 4.69) is 5.32 Å². The molecule has 122 valence electrons. The molecule has 5 nitrogen and oxygen atoms in total. The molecule has 1 atom stereocenters. The molecule has 5 heteroatoms. The highest BCUT2D eigenvalue weighted by molar-refractivity contribution is 6.34. The first kappa shape index (κ1) is 15.9. The average molecular weight is 322 g/mol. The summed E-state index contributed by atoms with van der Waals surface area (Å²) in [4.78, 5) is 38.3. The largest absolute Gasteiger partial charge is 0.326 e. The minimum atomic E-state index is -0.374. The molecule has 0 spiro atoms. The lowest BCUT2D eigenvalue weighted by Crippen LogP contribution is -2.29. The standard InChI is InChI=1S/C19H18N2O3/c1-3-12(2)17(22)20-13-9-10-15-16(11-13)19(24)21(18(15)23)14-7-5-4-6-8-14/h4-12H,3H2,1-2H3,(H,20,22)/t12-/m0/s1. The van der Waals surface area contributed by atoms with Crippen LogP contribution < -0.4 is 10.2 Å². The second kappa shape index (κ2) is 6.28. The van der Waals surface area contributed by atoms with Gasteiger partial charge in [0.25, 0.3) is 11.8 Å². The number of hydrogen-bond acceptors (Lipinski definition) is 3. The quantitative estimate of drug-likeness (QED) is 0.877. The van der Waals surface area contributed by atoms with Gasteiger partial charge < -0.3 is 5.32 Å². The summed E-state index contributed by atoms with van der Waals surface area (Å²) >= 11 is 0. The van der Waals surface area contributed by atoms with Crippen molar-refractivity contribution in [3.63, 3.8) is 0 Å². The van der Waals surface area contributed by atoms with Gasteiger partial charge >= 0.3 is 0 Å². The van der Waals surface area contributed by atoms with Crippen molar-refractivity contribution in [2.75, 3.05) is 10.2 Å². The van der Waals surface area contributed by atoms with Crippen molar-refractivity contribution in [3.8, 4) is 0 Å². The Hall–Kier alpha value is -2.95. The van der Waals surface area contributed by atoms with E-state index in [0.29, 0.717) is 22.5 Å². The molecule has 2 aromatic carbocycles. The molecule has 0 aromatic heterocycles. The lowest BCUT2D eigenvalue weighted by Gasteiger charge is -2.13. The van der Waals surface area contributed by atoms with Crippen LogP contribution in [-0.4, -0.2) is 17.7 Å². The number of carbonyl (C=O) groups excluding carboxylic acids is 3. The Morgan fingerprint density at radius 3 is 2.38 bits per heavy atom. The number of imide groups is 1. The van der Waals surface area contributed by atoms with E-state index < -0.39 is 0 Å². The van der Waals surface area contributed by atoms with Gasteiger partial charge in [-0.05, 0) is 36.8 Å². The second-order valence-corrected chi connectivity index (χ2v) is 5.84. The second-order valence-electron chi connectivity index (χ2n) is 5.84. The zero-order valence-corrected chi connectivity index (χ0v) is 13.6. The number of amides is 3. The third kappa shape index (κ3) is 2.69. The Morgan fingerprint density at radius 2 is 1.71 bits per heavy atom. The number of carbonyl (C=O) groups is 3. The smallest absolute Gasteiger partial charge is 0.266 e. The Kier molecular flexibility index (Phi) is 4.16. The Bertz CT molecular complexity index is 815. The van der Waals surface area contributed by atoms with Crippen molar-refractivity contribution >= 4 is 29.1 Å². The van der Waals surface area contributed by atoms with Gasteiger partial charge in [-0.1, -0.05) is 32.0 Å². The van der Waals surface area contributed by atoms with Crippen molar-refractivity contribution in [2.45, 2.75) is 20.3 Å². The lowest BCUT2D eigenvalue weighted by molar-refractivity contribution is -0.119. The molecular formula is C19H18N2O3. The number of para-hydroxylation sites is 1. The molecule has 0 fully saturated rings. The molecule has 0 aliphatic carbocycles. The molecule has 1 aliphatic heterocycles. The molecule has 24 heavy (non-hydrogen) atoms.